The summed E-state index contributed by atoms with van der Waals surface area (Å²) in [6.07, 6.45) is 4.64. The molecule has 2 aliphatic rings. The molecule has 0 bridgehead atoms. The Kier molecular flexibility index (Phi) is 5.31. The van der Waals surface area contributed by atoms with E-state index in [-0.39, 0.29) is 29.1 Å². The molecule has 144 valence electrons. The minimum Gasteiger partial charge on any atom is -0.353 e. The highest BCUT2D eigenvalue weighted by molar-refractivity contribution is 7.99. The Morgan fingerprint density at radius 2 is 1.96 bits per heavy atom. The molecule has 1 aromatic heterocycles. The number of nitrogens with one attached hydrogen (secondary N) is 1. The van der Waals surface area contributed by atoms with Crippen LogP contribution in [0.15, 0.2) is 29.4 Å². The first-order valence-corrected chi connectivity index (χ1v) is 10.2. The molecule has 1 aliphatic heterocycles. The van der Waals surface area contributed by atoms with Gasteiger partial charge in [0.15, 0.2) is 5.82 Å². The zero-order valence-electron chi connectivity index (χ0n) is 15.0. The molecule has 4 rings (SSSR count). The number of rotatable bonds is 6. The SMILES string of the molecule is Nn1c(SCC(=O)NC2CCN(C3CC3)CC2)nnc1-c1ccccc1F. The Morgan fingerprint density at radius 1 is 1.22 bits per heavy atom. The van der Waals surface area contributed by atoms with Gasteiger partial charge in [-0.25, -0.2) is 9.07 Å². The van der Waals surface area contributed by atoms with E-state index >= 15 is 0 Å². The highest BCUT2D eigenvalue weighted by Crippen LogP contribution is 2.29. The van der Waals surface area contributed by atoms with Crippen molar-refractivity contribution in [2.45, 2.75) is 42.9 Å². The van der Waals surface area contributed by atoms with E-state index in [1.807, 2.05) is 0 Å². The zero-order valence-corrected chi connectivity index (χ0v) is 15.8. The fourth-order valence-electron chi connectivity index (χ4n) is 3.45. The lowest BCUT2D eigenvalue weighted by Crippen LogP contribution is -2.45. The van der Waals surface area contributed by atoms with Gasteiger partial charge in [0, 0.05) is 25.2 Å². The van der Waals surface area contributed by atoms with Crippen molar-refractivity contribution in [1.82, 2.24) is 25.1 Å². The van der Waals surface area contributed by atoms with E-state index < -0.39 is 5.82 Å². The second-order valence-corrected chi connectivity index (χ2v) is 8.00. The first-order chi connectivity index (χ1) is 13.1. The molecular weight excluding hydrogens is 367 g/mol. The summed E-state index contributed by atoms with van der Waals surface area (Å²) in [5.41, 5.74) is 0.284. The molecule has 2 fully saturated rings. The number of hydrogen-bond donors (Lipinski definition) is 2. The number of halogens is 1. The molecule has 0 atom stereocenters. The number of benzene rings is 1. The summed E-state index contributed by atoms with van der Waals surface area (Å²) in [5.74, 6) is 5.98. The van der Waals surface area contributed by atoms with Crippen LogP contribution in [0.25, 0.3) is 11.4 Å². The van der Waals surface area contributed by atoms with E-state index in [9.17, 15) is 9.18 Å². The van der Waals surface area contributed by atoms with Gasteiger partial charge in [0.25, 0.3) is 0 Å². The predicted molar refractivity (Wildman–Crippen MR) is 102 cm³/mol. The summed E-state index contributed by atoms with van der Waals surface area (Å²) in [6, 6.07) is 7.28. The Balaban J connectivity index is 1.29. The zero-order chi connectivity index (χ0) is 18.8. The minimum absolute atomic E-state index is 0.0414. The number of piperidine rings is 1. The fourth-order valence-corrected chi connectivity index (χ4v) is 4.12. The highest BCUT2D eigenvalue weighted by atomic mass is 32.2. The number of amides is 1. The van der Waals surface area contributed by atoms with Gasteiger partial charge in [-0.15, -0.1) is 10.2 Å². The Bertz CT molecular complexity index is 816. The molecule has 1 aliphatic carbocycles. The molecule has 2 heterocycles. The molecule has 3 N–H and O–H groups in total. The average molecular weight is 390 g/mol. The number of likely N-dealkylation sites (tertiary alicyclic amines) is 1. The maximum absolute atomic E-state index is 13.9. The minimum atomic E-state index is -0.413. The molecule has 0 radical (unpaired) electrons. The van der Waals surface area contributed by atoms with Crippen molar-refractivity contribution in [2.24, 2.45) is 0 Å². The van der Waals surface area contributed by atoms with Crippen LogP contribution in [0.1, 0.15) is 25.7 Å². The van der Waals surface area contributed by atoms with Gasteiger partial charge in [-0.2, -0.15) is 0 Å². The Labute approximate surface area is 161 Å². The van der Waals surface area contributed by atoms with Crippen LogP contribution in [-0.4, -0.2) is 56.6 Å². The third kappa shape index (κ3) is 4.24. The van der Waals surface area contributed by atoms with Crippen molar-refractivity contribution < 1.29 is 9.18 Å². The number of carbonyl (C=O) groups is 1. The lowest BCUT2D eigenvalue weighted by Gasteiger charge is -2.32. The lowest BCUT2D eigenvalue weighted by atomic mass is 10.1. The molecule has 2 aromatic rings. The second kappa shape index (κ2) is 7.85. The van der Waals surface area contributed by atoms with Crippen molar-refractivity contribution >= 4 is 17.7 Å². The van der Waals surface area contributed by atoms with E-state index in [0.717, 1.165) is 32.0 Å². The standard InChI is InChI=1S/C18H23FN6OS/c19-15-4-2-1-3-14(15)17-22-23-18(25(17)20)27-11-16(26)21-12-7-9-24(10-8-12)13-5-6-13/h1-4,12-13H,5-11,20H2,(H,21,26). The first-order valence-electron chi connectivity index (χ1n) is 9.23. The van der Waals surface area contributed by atoms with Crippen molar-refractivity contribution in [2.75, 3.05) is 24.7 Å². The maximum atomic E-state index is 13.9. The van der Waals surface area contributed by atoms with Gasteiger partial charge in [-0.1, -0.05) is 23.9 Å². The normalized spacial score (nSPS) is 18.6. The monoisotopic (exact) mass is 390 g/mol. The fraction of sp³-hybridized carbons (Fsp3) is 0.500. The molecule has 1 saturated heterocycles. The van der Waals surface area contributed by atoms with E-state index in [4.69, 9.17) is 5.84 Å². The van der Waals surface area contributed by atoms with E-state index in [2.05, 4.69) is 20.4 Å². The van der Waals surface area contributed by atoms with Gasteiger partial charge < -0.3 is 16.1 Å². The molecule has 1 amide bonds. The lowest BCUT2D eigenvalue weighted by molar-refractivity contribution is -0.119. The van der Waals surface area contributed by atoms with Gasteiger partial charge in [0.05, 0.1) is 11.3 Å². The Morgan fingerprint density at radius 3 is 2.67 bits per heavy atom. The molecular formula is C18H23FN6OS. The Hall–Kier alpha value is -2.13. The van der Waals surface area contributed by atoms with Gasteiger partial charge >= 0.3 is 0 Å². The largest absolute Gasteiger partial charge is 0.353 e. The maximum Gasteiger partial charge on any atom is 0.230 e. The second-order valence-electron chi connectivity index (χ2n) is 7.05. The number of nitrogens with zero attached hydrogens (tertiary/aromatic N) is 4. The molecule has 7 nitrogen and oxygen atoms in total. The van der Waals surface area contributed by atoms with Gasteiger partial charge in [-0.05, 0) is 37.8 Å². The van der Waals surface area contributed by atoms with Crippen LogP contribution in [0, 0.1) is 5.82 Å². The number of nitrogens with two attached hydrogens (primary N) is 1. The van der Waals surface area contributed by atoms with E-state index in [0.29, 0.717) is 5.16 Å². The van der Waals surface area contributed by atoms with Crippen LogP contribution in [-0.2, 0) is 4.79 Å². The molecule has 1 aromatic carbocycles. The van der Waals surface area contributed by atoms with Crippen molar-refractivity contribution in [3.63, 3.8) is 0 Å². The summed E-state index contributed by atoms with van der Waals surface area (Å²) in [5, 5.41) is 11.4. The van der Waals surface area contributed by atoms with E-state index in [1.54, 1.807) is 18.2 Å². The summed E-state index contributed by atoms with van der Waals surface area (Å²) in [6.45, 7) is 2.12. The molecule has 0 unspecified atom stereocenters. The van der Waals surface area contributed by atoms with Crippen LogP contribution in [0.4, 0.5) is 4.39 Å². The van der Waals surface area contributed by atoms with Crippen molar-refractivity contribution in [1.29, 1.82) is 0 Å². The van der Waals surface area contributed by atoms with E-state index in [1.165, 1.54) is 35.3 Å². The van der Waals surface area contributed by atoms with Gasteiger partial charge in [-0.3, -0.25) is 4.79 Å². The third-order valence-corrected chi connectivity index (χ3v) is 6.01. The molecule has 27 heavy (non-hydrogen) atoms. The summed E-state index contributed by atoms with van der Waals surface area (Å²) in [4.78, 5) is 14.8. The average Bonchev–Trinajstić information content (AvgIpc) is 3.45. The van der Waals surface area contributed by atoms with Crippen LogP contribution < -0.4 is 11.2 Å². The number of nitrogen functional groups attached to an aromatic ring is 1. The quantitative estimate of drug-likeness (QED) is 0.576. The van der Waals surface area contributed by atoms with Crippen molar-refractivity contribution in [3.05, 3.63) is 30.1 Å². The summed E-state index contributed by atoms with van der Waals surface area (Å²) in [7, 11) is 0. The van der Waals surface area contributed by atoms with Crippen LogP contribution in [0.3, 0.4) is 0 Å². The highest BCUT2D eigenvalue weighted by Gasteiger charge is 2.32. The number of thioether (sulfide) groups is 1. The molecule has 1 saturated carbocycles. The van der Waals surface area contributed by atoms with Gasteiger partial charge in [0.1, 0.15) is 5.82 Å². The van der Waals surface area contributed by atoms with Gasteiger partial charge in [0.2, 0.25) is 11.1 Å². The summed E-state index contributed by atoms with van der Waals surface area (Å²) >= 11 is 1.20. The smallest absolute Gasteiger partial charge is 0.230 e. The number of aromatic nitrogens is 3. The van der Waals surface area contributed by atoms with Crippen LogP contribution in [0.5, 0.6) is 0 Å². The topological polar surface area (TPSA) is 89.1 Å². The molecule has 9 heteroatoms. The van der Waals surface area contributed by atoms with Crippen molar-refractivity contribution in [3.8, 4) is 11.4 Å². The number of carbonyl (C=O) groups excluding carboxylic acids is 1. The first kappa shape index (κ1) is 18.2. The molecule has 0 spiro atoms. The number of hydrogen-bond acceptors (Lipinski definition) is 6. The predicted octanol–water partition coefficient (Wildman–Crippen LogP) is 1.63. The van der Waals surface area contributed by atoms with Crippen LogP contribution in [0.2, 0.25) is 0 Å². The summed E-state index contributed by atoms with van der Waals surface area (Å²) < 4.78 is 15.1. The van der Waals surface area contributed by atoms with Crippen LogP contribution >= 0.6 is 11.8 Å². The third-order valence-electron chi connectivity index (χ3n) is 5.07.